The van der Waals surface area contributed by atoms with Gasteiger partial charge in [0.05, 0.1) is 11.3 Å². The number of imide groups is 1. The molecule has 0 radical (unpaired) electrons. The van der Waals surface area contributed by atoms with Crippen molar-refractivity contribution in [2.24, 2.45) is 0 Å². The monoisotopic (exact) mass is 402 g/mol. The zero-order chi connectivity index (χ0) is 20.9. The molecule has 0 bridgehead atoms. The van der Waals surface area contributed by atoms with Crippen molar-refractivity contribution in [3.63, 3.8) is 0 Å². The van der Waals surface area contributed by atoms with E-state index in [1.54, 1.807) is 10.9 Å². The van der Waals surface area contributed by atoms with Gasteiger partial charge in [-0.1, -0.05) is 48.5 Å². The number of rotatable bonds is 7. The SMILES string of the molecule is O=C(NCCCN1C(=O)CCC1=O)c1cn(-c2ccccc2)nc1-c1ccccc1. The molecule has 3 amide bonds. The summed E-state index contributed by atoms with van der Waals surface area (Å²) in [7, 11) is 0. The zero-order valence-corrected chi connectivity index (χ0v) is 16.5. The van der Waals surface area contributed by atoms with E-state index in [2.05, 4.69) is 10.4 Å². The molecule has 0 aliphatic carbocycles. The number of aromatic nitrogens is 2. The van der Waals surface area contributed by atoms with Crippen LogP contribution in [0.3, 0.4) is 0 Å². The molecular weight excluding hydrogens is 380 g/mol. The number of carbonyl (C=O) groups is 3. The smallest absolute Gasteiger partial charge is 0.255 e. The van der Waals surface area contributed by atoms with Crippen molar-refractivity contribution in [3.05, 3.63) is 72.4 Å². The summed E-state index contributed by atoms with van der Waals surface area (Å²) < 4.78 is 1.69. The fraction of sp³-hybridized carbons (Fsp3) is 0.217. The molecule has 0 saturated carbocycles. The van der Waals surface area contributed by atoms with Gasteiger partial charge in [-0.15, -0.1) is 0 Å². The van der Waals surface area contributed by atoms with Crippen molar-refractivity contribution in [3.8, 4) is 16.9 Å². The molecule has 3 aromatic rings. The molecule has 1 aromatic heterocycles. The maximum Gasteiger partial charge on any atom is 0.255 e. The second kappa shape index (κ2) is 8.73. The molecule has 1 saturated heterocycles. The molecule has 30 heavy (non-hydrogen) atoms. The van der Waals surface area contributed by atoms with Crippen LogP contribution < -0.4 is 5.32 Å². The third kappa shape index (κ3) is 4.15. The highest BCUT2D eigenvalue weighted by Gasteiger charge is 2.28. The van der Waals surface area contributed by atoms with Crippen LogP contribution in [0.5, 0.6) is 0 Å². The van der Waals surface area contributed by atoms with Gasteiger partial charge < -0.3 is 5.32 Å². The van der Waals surface area contributed by atoms with E-state index in [0.717, 1.165) is 11.3 Å². The number of benzene rings is 2. The molecule has 7 nitrogen and oxygen atoms in total. The molecule has 2 aromatic carbocycles. The molecule has 1 aliphatic rings. The van der Waals surface area contributed by atoms with E-state index in [0.29, 0.717) is 30.8 Å². The quantitative estimate of drug-likeness (QED) is 0.487. The molecule has 1 aliphatic heterocycles. The summed E-state index contributed by atoms with van der Waals surface area (Å²) in [6, 6.07) is 19.2. The lowest BCUT2D eigenvalue weighted by Crippen LogP contribution is -2.33. The van der Waals surface area contributed by atoms with E-state index in [1.807, 2.05) is 60.7 Å². The van der Waals surface area contributed by atoms with Gasteiger partial charge in [0.1, 0.15) is 5.69 Å². The van der Waals surface area contributed by atoms with Gasteiger partial charge in [-0.25, -0.2) is 4.68 Å². The predicted molar refractivity (Wildman–Crippen MR) is 112 cm³/mol. The van der Waals surface area contributed by atoms with Crippen LogP contribution in [-0.2, 0) is 9.59 Å². The number of para-hydroxylation sites is 1. The van der Waals surface area contributed by atoms with Gasteiger partial charge in [-0.3, -0.25) is 19.3 Å². The second-order valence-corrected chi connectivity index (χ2v) is 7.09. The average Bonchev–Trinajstić information content (AvgIpc) is 3.37. The lowest BCUT2D eigenvalue weighted by atomic mass is 10.1. The van der Waals surface area contributed by atoms with Crippen LogP contribution in [0.4, 0.5) is 0 Å². The number of hydrogen-bond donors (Lipinski definition) is 1. The number of nitrogens with zero attached hydrogens (tertiary/aromatic N) is 3. The largest absolute Gasteiger partial charge is 0.352 e. The van der Waals surface area contributed by atoms with Gasteiger partial charge >= 0.3 is 0 Å². The van der Waals surface area contributed by atoms with E-state index in [-0.39, 0.29) is 30.6 Å². The maximum atomic E-state index is 12.9. The molecule has 1 fully saturated rings. The van der Waals surface area contributed by atoms with E-state index in [1.165, 1.54) is 4.90 Å². The lowest BCUT2D eigenvalue weighted by molar-refractivity contribution is -0.138. The molecule has 0 unspecified atom stereocenters. The molecule has 7 heteroatoms. The third-order valence-electron chi connectivity index (χ3n) is 5.03. The number of nitrogens with one attached hydrogen (secondary N) is 1. The van der Waals surface area contributed by atoms with Gasteiger partial charge in [0, 0.05) is 37.7 Å². The number of hydrogen-bond acceptors (Lipinski definition) is 4. The van der Waals surface area contributed by atoms with E-state index >= 15 is 0 Å². The highest BCUT2D eigenvalue weighted by atomic mass is 16.2. The van der Waals surface area contributed by atoms with Gasteiger partial charge in [0.15, 0.2) is 0 Å². The normalized spacial score (nSPS) is 13.7. The standard InChI is InChI=1S/C23H22N4O3/c28-20-12-13-21(29)26(20)15-7-14-24-23(30)19-16-27(18-10-5-2-6-11-18)25-22(19)17-8-3-1-4-9-17/h1-6,8-11,16H,7,12-15H2,(H,24,30). The van der Waals surface area contributed by atoms with Crippen molar-refractivity contribution in [1.82, 2.24) is 20.0 Å². The Morgan fingerprint density at radius 3 is 2.23 bits per heavy atom. The molecule has 0 atom stereocenters. The van der Waals surface area contributed by atoms with Gasteiger partial charge in [0.25, 0.3) is 5.91 Å². The maximum absolute atomic E-state index is 12.9. The Kier molecular flexibility index (Phi) is 5.70. The van der Waals surface area contributed by atoms with Gasteiger partial charge in [-0.05, 0) is 18.6 Å². The average molecular weight is 402 g/mol. The number of amides is 3. The minimum absolute atomic E-state index is 0.137. The Labute approximate surface area is 174 Å². The number of likely N-dealkylation sites (tertiary alicyclic amines) is 1. The summed E-state index contributed by atoms with van der Waals surface area (Å²) in [5, 5.41) is 7.53. The summed E-state index contributed by atoms with van der Waals surface area (Å²) in [6.07, 6.45) is 2.80. The van der Waals surface area contributed by atoms with Crippen molar-refractivity contribution >= 4 is 17.7 Å². The Bertz CT molecular complexity index is 1040. The van der Waals surface area contributed by atoms with Gasteiger partial charge in [-0.2, -0.15) is 5.10 Å². The molecule has 2 heterocycles. The summed E-state index contributed by atoms with van der Waals surface area (Å²) in [5.41, 5.74) is 2.78. The molecular formula is C23H22N4O3. The Morgan fingerprint density at radius 1 is 0.933 bits per heavy atom. The second-order valence-electron chi connectivity index (χ2n) is 7.09. The first-order chi connectivity index (χ1) is 14.6. The van der Waals surface area contributed by atoms with Crippen LogP contribution >= 0.6 is 0 Å². The minimum Gasteiger partial charge on any atom is -0.352 e. The van der Waals surface area contributed by atoms with Crippen molar-refractivity contribution in [2.45, 2.75) is 19.3 Å². The highest BCUT2D eigenvalue weighted by Crippen LogP contribution is 2.23. The summed E-state index contributed by atoms with van der Waals surface area (Å²) in [6.45, 7) is 0.688. The van der Waals surface area contributed by atoms with E-state index in [4.69, 9.17) is 0 Å². The van der Waals surface area contributed by atoms with Crippen molar-refractivity contribution in [1.29, 1.82) is 0 Å². The third-order valence-corrected chi connectivity index (χ3v) is 5.03. The predicted octanol–water partition coefficient (Wildman–Crippen LogP) is 2.81. The molecule has 152 valence electrons. The summed E-state index contributed by atoms with van der Waals surface area (Å²) >= 11 is 0. The van der Waals surface area contributed by atoms with Gasteiger partial charge in [0.2, 0.25) is 11.8 Å². The highest BCUT2D eigenvalue weighted by molar-refractivity contribution is 6.02. The first kappa shape index (κ1) is 19.6. The lowest BCUT2D eigenvalue weighted by Gasteiger charge is -2.13. The fourth-order valence-electron chi connectivity index (χ4n) is 3.47. The Hall–Kier alpha value is -3.74. The topological polar surface area (TPSA) is 84.3 Å². The van der Waals surface area contributed by atoms with Crippen LogP contribution in [0.25, 0.3) is 16.9 Å². The van der Waals surface area contributed by atoms with Crippen LogP contribution in [-0.4, -0.2) is 45.5 Å². The van der Waals surface area contributed by atoms with Crippen LogP contribution in [0.15, 0.2) is 66.9 Å². The Balaban J connectivity index is 1.49. The Morgan fingerprint density at radius 2 is 1.57 bits per heavy atom. The van der Waals surface area contributed by atoms with Crippen LogP contribution in [0.1, 0.15) is 29.6 Å². The first-order valence-electron chi connectivity index (χ1n) is 9.95. The summed E-state index contributed by atoms with van der Waals surface area (Å²) in [5.74, 6) is -0.515. The first-order valence-corrected chi connectivity index (χ1v) is 9.95. The van der Waals surface area contributed by atoms with Crippen molar-refractivity contribution in [2.75, 3.05) is 13.1 Å². The van der Waals surface area contributed by atoms with Crippen LogP contribution in [0, 0.1) is 0 Å². The molecule has 1 N–H and O–H groups in total. The van der Waals surface area contributed by atoms with Crippen molar-refractivity contribution < 1.29 is 14.4 Å². The molecule has 0 spiro atoms. The number of carbonyl (C=O) groups excluding carboxylic acids is 3. The van der Waals surface area contributed by atoms with E-state index in [9.17, 15) is 14.4 Å². The molecule has 4 rings (SSSR count). The minimum atomic E-state index is -0.241. The van der Waals surface area contributed by atoms with Crippen LogP contribution in [0.2, 0.25) is 0 Å². The van der Waals surface area contributed by atoms with E-state index < -0.39 is 0 Å². The fourth-order valence-corrected chi connectivity index (χ4v) is 3.47. The summed E-state index contributed by atoms with van der Waals surface area (Å²) in [4.78, 5) is 37.5. The zero-order valence-electron chi connectivity index (χ0n) is 16.5.